The first-order chi connectivity index (χ1) is 12.2. The lowest BCUT2D eigenvalue weighted by Gasteiger charge is -2.36. The second-order valence-electron chi connectivity index (χ2n) is 5.95. The second-order valence-corrected chi connectivity index (χ2v) is 5.95. The number of amides is 1. The van der Waals surface area contributed by atoms with Crippen LogP contribution in [0.4, 0.5) is 0 Å². The zero-order valence-corrected chi connectivity index (χ0v) is 14.7. The van der Waals surface area contributed by atoms with Crippen LogP contribution in [-0.2, 0) is 13.6 Å². The maximum absolute atomic E-state index is 12.3. The van der Waals surface area contributed by atoms with E-state index in [4.69, 9.17) is 9.41 Å². The molecular weight excluding hydrogens is 320 g/mol. The highest BCUT2D eigenvalue weighted by atomic mass is 16.3. The maximum Gasteiger partial charge on any atom is 0.289 e. The molecule has 1 saturated heterocycles. The molecule has 8 heteroatoms. The monoisotopic (exact) mass is 344 g/mol. The lowest BCUT2D eigenvalue weighted by atomic mass is 10.3. The number of furan rings is 1. The number of aromatic nitrogens is 2. The van der Waals surface area contributed by atoms with E-state index in [1.165, 1.54) is 6.26 Å². The SMILES string of the molecule is CCNC(=NCc1cnn(C)c1)N1CCN(C(=O)c2ccco2)CC1. The summed E-state index contributed by atoms with van der Waals surface area (Å²) in [6.45, 7) is 6.22. The molecule has 8 nitrogen and oxygen atoms in total. The van der Waals surface area contributed by atoms with Gasteiger partial charge in [0.15, 0.2) is 11.7 Å². The van der Waals surface area contributed by atoms with Crippen LogP contribution in [-0.4, -0.2) is 64.2 Å². The Morgan fingerprint density at radius 2 is 2.08 bits per heavy atom. The van der Waals surface area contributed by atoms with E-state index >= 15 is 0 Å². The maximum atomic E-state index is 12.3. The van der Waals surface area contributed by atoms with Gasteiger partial charge in [-0.2, -0.15) is 5.10 Å². The van der Waals surface area contributed by atoms with Crippen LogP contribution in [0.2, 0.25) is 0 Å². The summed E-state index contributed by atoms with van der Waals surface area (Å²) in [7, 11) is 1.90. The van der Waals surface area contributed by atoms with Crippen molar-refractivity contribution in [1.29, 1.82) is 0 Å². The van der Waals surface area contributed by atoms with Gasteiger partial charge in [0.25, 0.3) is 5.91 Å². The molecule has 0 spiro atoms. The molecule has 3 rings (SSSR count). The molecule has 2 aromatic rings. The van der Waals surface area contributed by atoms with E-state index in [0.717, 1.165) is 31.2 Å². The third-order valence-electron chi connectivity index (χ3n) is 4.10. The molecule has 0 atom stereocenters. The van der Waals surface area contributed by atoms with Gasteiger partial charge in [0, 0.05) is 51.5 Å². The van der Waals surface area contributed by atoms with Gasteiger partial charge in [0.05, 0.1) is 19.0 Å². The lowest BCUT2D eigenvalue weighted by molar-refractivity contribution is 0.0657. The molecule has 134 valence electrons. The van der Waals surface area contributed by atoms with Crippen LogP contribution < -0.4 is 5.32 Å². The summed E-state index contributed by atoms with van der Waals surface area (Å²) >= 11 is 0. The fourth-order valence-corrected chi connectivity index (χ4v) is 2.82. The van der Waals surface area contributed by atoms with Gasteiger partial charge in [0.1, 0.15) is 0 Å². The van der Waals surface area contributed by atoms with Crippen LogP contribution >= 0.6 is 0 Å². The number of nitrogens with one attached hydrogen (secondary N) is 1. The Labute approximate surface area is 147 Å². The minimum atomic E-state index is -0.0538. The van der Waals surface area contributed by atoms with Gasteiger partial charge in [-0.15, -0.1) is 0 Å². The first-order valence-electron chi connectivity index (χ1n) is 8.51. The number of rotatable bonds is 4. The van der Waals surface area contributed by atoms with Crippen LogP contribution in [0.15, 0.2) is 40.2 Å². The van der Waals surface area contributed by atoms with Crippen LogP contribution in [0.25, 0.3) is 0 Å². The van der Waals surface area contributed by atoms with Crippen molar-refractivity contribution in [1.82, 2.24) is 24.9 Å². The summed E-state index contributed by atoms with van der Waals surface area (Å²) in [6, 6.07) is 3.44. The number of hydrogen-bond donors (Lipinski definition) is 1. The van der Waals surface area contributed by atoms with Gasteiger partial charge in [-0.3, -0.25) is 9.48 Å². The summed E-state index contributed by atoms with van der Waals surface area (Å²) in [5.74, 6) is 1.21. The Morgan fingerprint density at radius 3 is 2.68 bits per heavy atom. The minimum absolute atomic E-state index is 0.0538. The van der Waals surface area contributed by atoms with Crippen molar-refractivity contribution in [3.8, 4) is 0 Å². The highest BCUT2D eigenvalue weighted by Gasteiger charge is 2.25. The third-order valence-corrected chi connectivity index (χ3v) is 4.10. The van der Waals surface area contributed by atoms with Crippen LogP contribution in [0.3, 0.4) is 0 Å². The number of piperazine rings is 1. The minimum Gasteiger partial charge on any atom is -0.459 e. The molecule has 0 unspecified atom stereocenters. The number of carbonyl (C=O) groups is 1. The number of hydrogen-bond acceptors (Lipinski definition) is 4. The van der Waals surface area contributed by atoms with Gasteiger partial charge in [-0.25, -0.2) is 4.99 Å². The predicted octanol–water partition coefficient (Wildman–Crippen LogP) is 0.937. The molecule has 1 N–H and O–H groups in total. The smallest absolute Gasteiger partial charge is 0.289 e. The predicted molar refractivity (Wildman–Crippen MR) is 94.2 cm³/mol. The van der Waals surface area contributed by atoms with Crippen LogP contribution in [0.1, 0.15) is 23.0 Å². The van der Waals surface area contributed by atoms with Crippen molar-refractivity contribution in [2.75, 3.05) is 32.7 Å². The van der Waals surface area contributed by atoms with Gasteiger partial charge in [-0.05, 0) is 19.1 Å². The Bertz CT molecular complexity index is 713. The quantitative estimate of drug-likeness (QED) is 0.660. The summed E-state index contributed by atoms with van der Waals surface area (Å²) in [5, 5.41) is 7.49. The van der Waals surface area contributed by atoms with Gasteiger partial charge in [0.2, 0.25) is 0 Å². The normalized spacial score (nSPS) is 15.5. The molecule has 0 radical (unpaired) electrons. The first-order valence-corrected chi connectivity index (χ1v) is 8.51. The van der Waals surface area contributed by atoms with Gasteiger partial charge >= 0.3 is 0 Å². The van der Waals surface area contributed by atoms with Crippen molar-refractivity contribution in [3.63, 3.8) is 0 Å². The summed E-state index contributed by atoms with van der Waals surface area (Å²) < 4.78 is 6.98. The third kappa shape index (κ3) is 4.20. The highest BCUT2D eigenvalue weighted by Crippen LogP contribution is 2.10. The largest absolute Gasteiger partial charge is 0.459 e. The summed E-state index contributed by atoms with van der Waals surface area (Å²) in [6.07, 6.45) is 5.32. The van der Waals surface area contributed by atoms with Gasteiger partial charge in [-0.1, -0.05) is 0 Å². The fraction of sp³-hybridized carbons (Fsp3) is 0.471. The van der Waals surface area contributed by atoms with Crippen LogP contribution in [0, 0.1) is 0 Å². The Kier molecular flexibility index (Phi) is 5.37. The fourth-order valence-electron chi connectivity index (χ4n) is 2.82. The van der Waals surface area contributed by atoms with E-state index in [1.54, 1.807) is 16.8 Å². The number of carbonyl (C=O) groups excluding carboxylic acids is 1. The lowest BCUT2D eigenvalue weighted by Crippen LogP contribution is -2.53. The Balaban J connectivity index is 1.59. The van der Waals surface area contributed by atoms with E-state index < -0.39 is 0 Å². The molecule has 3 heterocycles. The standard InChI is InChI=1S/C17H24N6O2/c1-3-18-17(19-11-14-12-20-21(2)13-14)23-8-6-22(7-9-23)16(24)15-5-4-10-25-15/h4-5,10,12-13H,3,6-9,11H2,1-2H3,(H,18,19). The molecule has 0 bridgehead atoms. The average Bonchev–Trinajstić information content (AvgIpc) is 3.30. The van der Waals surface area contributed by atoms with E-state index in [2.05, 4.69) is 22.2 Å². The molecule has 25 heavy (non-hydrogen) atoms. The number of nitrogens with zero attached hydrogens (tertiary/aromatic N) is 5. The highest BCUT2D eigenvalue weighted by molar-refractivity contribution is 5.91. The first kappa shape index (κ1) is 17.1. The van der Waals surface area contributed by atoms with E-state index in [9.17, 15) is 4.79 Å². The van der Waals surface area contributed by atoms with E-state index in [0.29, 0.717) is 25.4 Å². The molecule has 0 aliphatic carbocycles. The van der Waals surface area contributed by atoms with Gasteiger partial charge < -0.3 is 19.5 Å². The number of aliphatic imine (C=N–C) groups is 1. The van der Waals surface area contributed by atoms with Crippen molar-refractivity contribution in [3.05, 3.63) is 42.1 Å². The summed E-state index contributed by atoms with van der Waals surface area (Å²) in [4.78, 5) is 21.0. The molecular formula is C17H24N6O2. The molecule has 2 aromatic heterocycles. The zero-order valence-electron chi connectivity index (χ0n) is 14.7. The zero-order chi connectivity index (χ0) is 17.6. The van der Waals surface area contributed by atoms with Crippen LogP contribution in [0.5, 0.6) is 0 Å². The Hall–Kier alpha value is -2.77. The van der Waals surface area contributed by atoms with Crippen molar-refractivity contribution < 1.29 is 9.21 Å². The molecule has 1 amide bonds. The molecule has 1 fully saturated rings. The number of guanidine groups is 1. The Morgan fingerprint density at radius 1 is 1.32 bits per heavy atom. The van der Waals surface area contributed by atoms with Crippen molar-refractivity contribution in [2.24, 2.45) is 12.0 Å². The van der Waals surface area contributed by atoms with E-state index in [1.807, 2.05) is 24.3 Å². The van der Waals surface area contributed by atoms with Crippen molar-refractivity contribution in [2.45, 2.75) is 13.5 Å². The molecule has 1 aliphatic heterocycles. The molecule has 1 aliphatic rings. The number of aryl methyl sites for hydroxylation is 1. The molecule has 0 saturated carbocycles. The molecule has 0 aromatic carbocycles. The van der Waals surface area contributed by atoms with Crippen molar-refractivity contribution >= 4 is 11.9 Å². The topological polar surface area (TPSA) is 78.9 Å². The average molecular weight is 344 g/mol. The second kappa shape index (κ2) is 7.87. The summed E-state index contributed by atoms with van der Waals surface area (Å²) in [5.41, 5.74) is 1.07. The van der Waals surface area contributed by atoms with E-state index in [-0.39, 0.29) is 5.91 Å².